The van der Waals surface area contributed by atoms with E-state index in [4.69, 9.17) is 0 Å². The lowest BCUT2D eigenvalue weighted by Gasteiger charge is -2.09. The molecule has 26 heavy (non-hydrogen) atoms. The molecule has 1 aromatic heterocycles. The second-order valence-corrected chi connectivity index (χ2v) is 6.26. The number of aromatic nitrogens is 1. The van der Waals surface area contributed by atoms with Gasteiger partial charge in [-0.1, -0.05) is 12.1 Å². The Balaban J connectivity index is 1.76. The predicted octanol–water partition coefficient (Wildman–Crippen LogP) is 5.12. The molecule has 0 bridgehead atoms. The number of carbonyl (C=O) groups is 1. The zero-order chi connectivity index (χ0) is 18.7. The van der Waals surface area contributed by atoms with Gasteiger partial charge in [-0.05, 0) is 36.4 Å². The van der Waals surface area contributed by atoms with E-state index in [0.717, 1.165) is 40.7 Å². The number of hydrogen-bond donors (Lipinski definition) is 2. The van der Waals surface area contributed by atoms with Crippen molar-refractivity contribution < 1.29 is 18.0 Å². The van der Waals surface area contributed by atoms with Crippen molar-refractivity contribution in [3.8, 4) is 11.3 Å². The molecule has 0 spiro atoms. The van der Waals surface area contributed by atoms with Crippen LogP contribution in [0.15, 0.2) is 53.9 Å². The maximum atomic E-state index is 12.6. The van der Waals surface area contributed by atoms with Crippen molar-refractivity contribution >= 4 is 28.1 Å². The molecule has 4 nitrogen and oxygen atoms in total. The van der Waals surface area contributed by atoms with Crippen molar-refractivity contribution in [3.63, 3.8) is 0 Å². The van der Waals surface area contributed by atoms with E-state index in [9.17, 15) is 18.0 Å². The quantitative estimate of drug-likeness (QED) is 0.663. The Morgan fingerprint density at radius 1 is 1.12 bits per heavy atom. The largest absolute Gasteiger partial charge is 0.416 e. The monoisotopic (exact) mass is 377 g/mol. The Hall–Kier alpha value is -2.87. The topological polar surface area (TPSA) is 54.0 Å². The smallest absolute Gasteiger partial charge is 0.365 e. The van der Waals surface area contributed by atoms with Crippen LogP contribution in [0.5, 0.6) is 0 Å². The fourth-order valence-electron chi connectivity index (χ4n) is 2.29. The molecule has 0 aliphatic carbocycles. The summed E-state index contributed by atoms with van der Waals surface area (Å²) >= 11 is 1.46. The summed E-state index contributed by atoms with van der Waals surface area (Å²) in [5.74, 6) is -0.481. The predicted molar refractivity (Wildman–Crippen MR) is 96.5 cm³/mol. The van der Waals surface area contributed by atoms with Gasteiger partial charge < -0.3 is 10.6 Å². The normalized spacial score (nSPS) is 11.2. The fourth-order valence-corrected chi connectivity index (χ4v) is 2.97. The molecule has 1 amide bonds. The van der Waals surface area contributed by atoms with Gasteiger partial charge in [0.05, 0.1) is 11.3 Å². The van der Waals surface area contributed by atoms with E-state index < -0.39 is 17.6 Å². The van der Waals surface area contributed by atoms with Crippen molar-refractivity contribution in [2.75, 3.05) is 17.7 Å². The van der Waals surface area contributed by atoms with Gasteiger partial charge in [0.15, 0.2) is 5.13 Å². The summed E-state index contributed by atoms with van der Waals surface area (Å²) in [6.45, 7) is 0. The number of carbonyl (C=O) groups excluding carboxylic acids is 1. The van der Waals surface area contributed by atoms with E-state index in [-0.39, 0.29) is 5.56 Å². The maximum absolute atomic E-state index is 12.6. The molecule has 1 heterocycles. The van der Waals surface area contributed by atoms with Crippen LogP contribution < -0.4 is 10.6 Å². The average molecular weight is 377 g/mol. The standard InChI is InChI=1S/C18H14F3N3OS/c1-22-17-24-15(10-26-17)12-3-2-4-14(9-12)23-16(25)11-5-7-13(8-6-11)18(19,20)21/h2-10H,1H3,(H,22,24)(H,23,25). The van der Waals surface area contributed by atoms with E-state index in [1.807, 2.05) is 11.4 Å². The molecule has 0 aliphatic rings. The Bertz CT molecular complexity index is 920. The fraction of sp³-hybridized carbons (Fsp3) is 0.111. The maximum Gasteiger partial charge on any atom is 0.416 e. The molecule has 0 saturated carbocycles. The SMILES string of the molecule is CNc1nc(-c2cccc(NC(=O)c3ccc(C(F)(F)F)cc3)c2)cs1. The molecule has 3 rings (SSSR count). The van der Waals surface area contributed by atoms with Crippen LogP contribution in [0.2, 0.25) is 0 Å². The van der Waals surface area contributed by atoms with Gasteiger partial charge in [-0.25, -0.2) is 4.98 Å². The second-order valence-electron chi connectivity index (χ2n) is 5.40. The first-order valence-corrected chi connectivity index (χ1v) is 8.47. The van der Waals surface area contributed by atoms with Gasteiger partial charge in [-0.15, -0.1) is 11.3 Å². The van der Waals surface area contributed by atoms with Crippen molar-refractivity contribution in [1.29, 1.82) is 0 Å². The summed E-state index contributed by atoms with van der Waals surface area (Å²) in [5.41, 5.74) is 1.49. The van der Waals surface area contributed by atoms with Gasteiger partial charge in [0.2, 0.25) is 0 Å². The molecular formula is C18H14F3N3OS. The number of halogens is 3. The number of amides is 1. The summed E-state index contributed by atoms with van der Waals surface area (Å²) in [6, 6.07) is 11.2. The summed E-state index contributed by atoms with van der Waals surface area (Å²) in [7, 11) is 1.78. The van der Waals surface area contributed by atoms with Crippen LogP contribution in [0.25, 0.3) is 11.3 Å². The second kappa shape index (κ2) is 7.17. The van der Waals surface area contributed by atoms with Crippen LogP contribution in [0, 0.1) is 0 Å². The number of hydrogen-bond acceptors (Lipinski definition) is 4. The highest BCUT2D eigenvalue weighted by Crippen LogP contribution is 2.29. The minimum absolute atomic E-state index is 0.148. The lowest BCUT2D eigenvalue weighted by atomic mass is 10.1. The third-order valence-corrected chi connectivity index (χ3v) is 4.47. The number of nitrogens with zero attached hydrogens (tertiary/aromatic N) is 1. The van der Waals surface area contributed by atoms with E-state index in [0.29, 0.717) is 5.69 Å². The van der Waals surface area contributed by atoms with Crippen molar-refractivity contribution in [2.45, 2.75) is 6.18 Å². The zero-order valence-electron chi connectivity index (χ0n) is 13.6. The van der Waals surface area contributed by atoms with Crippen molar-refractivity contribution in [2.24, 2.45) is 0 Å². The van der Waals surface area contributed by atoms with Gasteiger partial charge in [0.25, 0.3) is 5.91 Å². The number of alkyl halides is 3. The molecular weight excluding hydrogens is 363 g/mol. The van der Waals surface area contributed by atoms with Crippen LogP contribution >= 0.6 is 11.3 Å². The first-order valence-electron chi connectivity index (χ1n) is 7.59. The van der Waals surface area contributed by atoms with E-state index in [2.05, 4.69) is 15.6 Å². The Kier molecular flexibility index (Phi) is 4.94. The van der Waals surface area contributed by atoms with Gasteiger partial charge in [0, 0.05) is 29.2 Å². The minimum Gasteiger partial charge on any atom is -0.365 e. The van der Waals surface area contributed by atoms with Crippen LogP contribution in [0.3, 0.4) is 0 Å². The Labute approximate surface area is 151 Å². The van der Waals surface area contributed by atoms with Crippen LogP contribution in [0.4, 0.5) is 24.0 Å². The van der Waals surface area contributed by atoms with Crippen molar-refractivity contribution in [3.05, 3.63) is 65.0 Å². The van der Waals surface area contributed by atoms with Crippen molar-refractivity contribution in [1.82, 2.24) is 4.98 Å². The number of benzene rings is 2. The Morgan fingerprint density at radius 2 is 1.85 bits per heavy atom. The molecule has 2 N–H and O–H groups in total. The molecule has 2 aromatic carbocycles. The molecule has 0 fully saturated rings. The highest BCUT2D eigenvalue weighted by Gasteiger charge is 2.30. The van der Waals surface area contributed by atoms with E-state index in [1.165, 1.54) is 11.3 Å². The van der Waals surface area contributed by atoms with E-state index in [1.54, 1.807) is 25.2 Å². The Morgan fingerprint density at radius 3 is 2.46 bits per heavy atom. The van der Waals surface area contributed by atoms with Crippen LogP contribution in [-0.2, 0) is 6.18 Å². The van der Waals surface area contributed by atoms with Gasteiger partial charge in [0.1, 0.15) is 0 Å². The molecule has 0 atom stereocenters. The highest BCUT2D eigenvalue weighted by molar-refractivity contribution is 7.14. The van der Waals surface area contributed by atoms with Gasteiger partial charge in [-0.3, -0.25) is 4.79 Å². The number of thiazole rings is 1. The molecule has 0 unspecified atom stereocenters. The average Bonchev–Trinajstić information content (AvgIpc) is 3.10. The molecule has 8 heteroatoms. The van der Waals surface area contributed by atoms with Crippen LogP contribution in [0.1, 0.15) is 15.9 Å². The van der Waals surface area contributed by atoms with Gasteiger partial charge in [-0.2, -0.15) is 13.2 Å². The first-order chi connectivity index (χ1) is 12.4. The number of rotatable bonds is 4. The molecule has 0 radical (unpaired) electrons. The van der Waals surface area contributed by atoms with Crippen LogP contribution in [-0.4, -0.2) is 17.9 Å². The molecule has 0 saturated heterocycles. The summed E-state index contributed by atoms with van der Waals surface area (Å²) < 4.78 is 37.8. The third kappa shape index (κ3) is 4.02. The zero-order valence-corrected chi connectivity index (χ0v) is 14.4. The lowest BCUT2D eigenvalue weighted by molar-refractivity contribution is -0.137. The molecule has 134 valence electrons. The molecule has 0 aliphatic heterocycles. The summed E-state index contributed by atoms with van der Waals surface area (Å²) in [4.78, 5) is 16.7. The minimum atomic E-state index is -4.43. The summed E-state index contributed by atoms with van der Waals surface area (Å²) in [6.07, 6.45) is -4.43. The number of anilines is 2. The first kappa shape index (κ1) is 17.9. The third-order valence-electron chi connectivity index (χ3n) is 3.61. The van der Waals surface area contributed by atoms with Gasteiger partial charge >= 0.3 is 6.18 Å². The molecule has 3 aromatic rings. The number of nitrogens with one attached hydrogen (secondary N) is 2. The highest BCUT2D eigenvalue weighted by atomic mass is 32.1. The van der Waals surface area contributed by atoms with E-state index >= 15 is 0 Å². The lowest BCUT2D eigenvalue weighted by Crippen LogP contribution is -2.12. The summed E-state index contributed by atoms with van der Waals surface area (Å²) in [5, 5.41) is 8.31.